The largest absolute Gasteiger partial charge is 0.363 e. The van der Waals surface area contributed by atoms with Gasteiger partial charge in [-0.05, 0) is 32.1 Å². The second-order valence-corrected chi connectivity index (χ2v) is 7.47. The minimum Gasteiger partial charge on any atom is -0.363 e. The maximum Gasteiger partial charge on any atom is 0.0756 e. The van der Waals surface area contributed by atoms with Crippen LogP contribution in [-0.2, 0) is 0 Å². The van der Waals surface area contributed by atoms with Crippen LogP contribution >= 0.6 is 0 Å². The Labute approximate surface area is 129 Å². The molecule has 21 heavy (non-hydrogen) atoms. The molecule has 0 spiro atoms. The summed E-state index contributed by atoms with van der Waals surface area (Å²) in [5.74, 6) is 1.37. The van der Waals surface area contributed by atoms with E-state index >= 15 is 0 Å². The summed E-state index contributed by atoms with van der Waals surface area (Å²) in [6, 6.07) is 1.56. The van der Waals surface area contributed by atoms with Crippen LogP contribution in [0.15, 0.2) is 12.4 Å². The van der Waals surface area contributed by atoms with Crippen molar-refractivity contribution in [2.75, 3.05) is 18.0 Å². The van der Waals surface area contributed by atoms with Crippen molar-refractivity contribution in [3.63, 3.8) is 0 Å². The standard InChI is InChI=1S/C17H32N4/c1-12(2)7-15-10-20(17(9-18-15)13(3)4)16-8-19-21(11-16)14(5)6/h8,11-15,17-18H,7,9-10H2,1-6H3. The molecule has 2 rings (SSSR count). The van der Waals surface area contributed by atoms with E-state index in [1.54, 1.807) is 0 Å². The molecule has 120 valence electrons. The van der Waals surface area contributed by atoms with Gasteiger partial charge in [0.1, 0.15) is 0 Å². The van der Waals surface area contributed by atoms with Gasteiger partial charge in [0.05, 0.1) is 11.9 Å². The van der Waals surface area contributed by atoms with Crippen molar-refractivity contribution in [1.29, 1.82) is 0 Å². The molecule has 4 heteroatoms. The van der Waals surface area contributed by atoms with E-state index in [9.17, 15) is 0 Å². The Morgan fingerprint density at radius 1 is 1.24 bits per heavy atom. The maximum atomic E-state index is 4.53. The molecule has 1 N–H and O–H groups in total. The predicted octanol–water partition coefficient (Wildman–Crippen LogP) is 3.31. The number of anilines is 1. The third-order valence-electron chi connectivity index (χ3n) is 4.41. The average molecular weight is 292 g/mol. The van der Waals surface area contributed by atoms with Crippen molar-refractivity contribution in [2.45, 2.75) is 66.1 Å². The van der Waals surface area contributed by atoms with Gasteiger partial charge in [-0.2, -0.15) is 5.10 Å². The van der Waals surface area contributed by atoms with Crippen LogP contribution < -0.4 is 10.2 Å². The number of nitrogens with one attached hydrogen (secondary N) is 1. The lowest BCUT2D eigenvalue weighted by molar-refractivity contribution is 0.310. The second kappa shape index (κ2) is 6.82. The molecular weight excluding hydrogens is 260 g/mol. The fourth-order valence-electron chi connectivity index (χ4n) is 3.21. The van der Waals surface area contributed by atoms with Crippen LogP contribution in [0.4, 0.5) is 5.69 Å². The first-order valence-corrected chi connectivity index (χ1v) is 8.42. The lowest BCUT2D eigenvalue weighted by atomic mass is 9.94. The normalized spacial score (nSPS) is 23.6. The van der Waals surface area contributed by atoms with Crippen LogP contribution in [0.1, 0.15) is 54.0 Å². The third-order valence-corrected chi connectivity index (χ3v) is 4.41. The zero-order valence-corrected chi connectivity index (χ0v) is 14.5. The molecule has 1 aromatic heterocycles. The van der Waals surface area contributed by atoms with Crippen molar-refractivity contribution in [3.8, 4) is 0 Å². The molecule has 2 unspecified atom stereocenters. The first kappa shape index (κ1) is 16.3. The van der Waals surface area contributed by atoms with Crippen molar-refractivity contribution in [1.82, 2.24) is 15.1 Å². The van der Waals surface area contributed by atoms with Gasteiger partial charge in [-0.15, -0.1) is 0 Å². The number of piperazine rings is 1. The third kappa shape index (κ3) is 4.00. The molecule has 4 nitrogen and oxygen atoms in total. The fraction of sp³-hybridized carbons (Fsp3) is 0.824. The van der Waals surface area contributed by atoms with E-state index in [4.69, 9.17) is 0 Å². The molecule has 1 aromatic rings. The molecule has 0 radical (unpaired) electrons. The van der Waals surface area contributed by atoms with E-state index in [1.165, 1.54) is 12.1 Å². The first-order chi connectivity index (χ1) is 9.88. The number of hydrogen-bond acceptors (Lipinski definition) is 3. The number of rotatable bonds is 5. The average Bonchev–Trinajstić information content (AvgIpc) is 2.87. The highest BCUT2D eigenvalue weighted by molar-refractivity contribution is 5.45. The summed E-state index contributed by atoms with van der Waals surface area (Å²) in [4.78, 5) is 2.57. The van der Waals surface area contributed by atoms with E-state index in [2.05, 4.69) is 67.7 Å². The maximum absolute atomic E-state index is 4.53. The lowest BCUT2D eigenvalue weighted by Crippen LogP contribution is -2.58. The Bertz CT molecular complexity index is 436. The highest BCUT2D eigenvalue weighted by atomic mass is 15.3. The van der Waals surface area contributed by atoms with Crippen molar-refractivity contribution in [3.05, 3.63) is 12.4 Å². The quantitative estimate of drug-likeness (QED) is 0.904. The van der Waals surface area contributed by atoms with Gasteiger partial charge in [0.15, 0.2) is 0 Å². The summed E-state index contributed by atoms with van der Waals surface area (Å²) in [6.07, 6.45) is 5.48. The molecule has 0 bridgehead atoms. The second-order valence-electron chi connectivity index (χ2n) is 7.47. The van der Waals surface area contributed by atoms with E-state index in [0.717, 1.165) is 19.0 Å². The van der Waals surface area contributed by atoms with Gasteiger partial charge >= 0.3 is 0 Å². The highest BCUT2D eigenvalue weighted by Crippen LogP contribution is 2.25. The van der Waals surface area contributed by atoms with Crippen LogP contribution in [0.3, 0.4) is 0 Å². The van der Waals surface area contributed by atoms with Gasteiger partial charge in [-0.25, -0.2) is 0 Å². The SMILES string of the molecule is CC(C)CC1CN(c2cnn(C(C)C)c2)C(C(C)C)CN1. The predicted molar refractivity (Wildman–Crippen MR) is 89.8 cm³/mol. The van der Waals surface area contributed by atoms with Crippen LogP contribution in [-0.4, -0.2) is 35.0 Å². The monoisotopic (exact) mass is 292 g/mol. The summed E-state index contributed by atoms with van der Waals surface area (Å²) in [5.41, 5.74) is 1.28. The Morgan fingerprint density at radius 3 is 2.48 bits per heavy atom. The van der Waals surface area contributed by atoms with E-state index < -0.39 is 0 Å². The van der Waals surface area contributed by atoms with Gasteiger partial charge in [0, 0.05) is 37.4 Å². The molecule has 2 heterocycles. The zero-order chi connectivity index (χ0) is 15.6. The molecule has 1 saturated heterocycles. The summed E-state index contributed by atoms with van der Waals surface area (Å²) >= 11 is 0. The number of hydrogen-bond donors (Lipinski definition) is 1. The van der Waals surface area contributed by atoms with Gasteiger partial charge in [-0.3, -0.25) is 4.68 Å². The van der Waals surface area contributed by atoms with Crippen LogP contribution in [0.5, 0.6) is 0 Å². The summed E-state index contributed by atoms with van der Waals surface area (Å²) < 4.78 is 2.06. The first-order valence-electron chi connectivity index (χ1n) is 8.42. The van der Waals surface area contributed by atoms with E-state index in [-0.39, 0.29) is 0 Å². The summed E-state index contributed by atoms with van der Waals surface area (Å²) in [7, 11) is 0. The molecule has 1 aliphatic rings. The van der Waals surface area contributed by atoms with Crippen molar-refractivity contribution in [2.24, 2.45) is 11.8 Å². The molecule has 1 aliphatic heterocycles. The molecule has 0 aromatic carbocycles. The van der Waals surface area contributed by atoms with Gasteiger partial charge in [0.25, 0.3) is 0 Å². The molecule has 1 fully saturated rings. The Kier molecular flexibility index (Phi) is 5.31. The van der Waals surface area contributed by atoms with Crippen LogP contribution in [0.2, 0.25) is 0 Å². The van der Waals surface area contributed by atoms with Crippen LogP contribution in [0, 0.1) is 11.8 Å². The highest BCUT2D eigenvalue weighted by Gasteiger charge is 2.31. The van der Waals surface area contributed by atoms with Crippen molar-refractivity contribution >= 4 is 5.69 Å². The molecular formula is C17H32N4. The minimum atomic E-state index is 0.422. The Morgan fingerprint density at radius 2 is 1.95 bits per heavy atom. The van der Waals surface area contributed by atoms with Crippen LogP contribution in [0.25, 0.3) is 0 Å². The number of nitrogens with zero attached hydrogens (tertiary/aromatic N) is 3. The molecule has 0 saturated carbocycles. The fourth-order valence-corrected chi connectivity index (χ4v) is 3.21. The van der Waals surface area contributed by atoms with Crippen molar-refractivity contribution < 1.29 is 0 Å². The lowest BCUT2D eigenvalue weighted by Gasteiger charge is -2.43. The summed E-state index contributed by atoms with van der Waals surface area (Å²) in [5, 5.41) is 8.27. The zero-order valence-electron chi connectivity index (χ0n) is 14.5. The topological polar surface area (TPSA) is 33.1 Å². The minimum absolute atomic E-state index is 0.422. The smallest absolute Gasteiger partial charge is 0.0756 e. The molecule has 0 aliphatic carbocycles. The van der Waals surface area contributed by atoms with E-state index in [0.29, 0.717) is 24.0 Å². The van der Waals surface area contributed by atoms with Gasteiger partial charge in [-0.1, -0.05) is 27.7 Å². The molecule has 2 atom stereocenters. The Balaban J connectivity index is 2.16. The Hall–Kier alpha value is -1.03. The van der Waals surface area contributed by atoms with Gasteiger partial charge < -0.3 is 10.2 Å². The van der Waals surface area contributed by atoms with E-state index in [1.807, 2.05) is 6.20 Å². The number of aromatic nitrogens is 2. The molecule has 0 amide bonds. The van der Waals surface area contributed by atoms with Gasteiger partial charge in [0.2, 0.25) is 0 Å². The summed E-state index contributed by atoms with van der Waals surface area (Å²) in [6.45, 7) is 15.7.